The Hall–Kier alpha value is -3.43. The minimum Gasteiger partial charge on any atom is -0.466 e. The number of carbonyl (C=O) groups excluding carboxylic acids is 3. The van der Waals surface area contributed by atoms with Gasteiger partial charge in [0.15, 0.2) is 0 Å². The highest BCUT2D eigenvalue weighted by Gasteiger charge is 2.62. The van der Waals surface area contributed by atoms with Gasteiger partial charge in [-0.05, 0) is 334 Å². The molecule has 18 aliphatic rings. The van der Waals surface area contributed by atoms with Crippen molar-refractivity contribution in [1.29, 1.82) is 0 Å². The van der Waals surface area contributed by atoms with E-state index in [-0.39, 0.29) is 34.0 Å². The van der Waals surface area contributed by atoms with Gasteiger partial charge >= 0.3 is 17.9 Å². The molecule has 6 spiro atoms. The van der Waals surface area contributed by atoms with Crippen LogP contribution in [0.25, 0.3) is 0 Å². The summed E-state index contributed by atoms with van der Waals surface area (Å²) < 4.78 is 37.4. The molecule has 0 N–H and O–H groups in total. The first kappa shape index (κ1) is 101. The van der Waals surface area contributed by atoms with Gasteiger partial charge in [-0.2, -0.15) is 0 Å². The molecule has 21 rings (SSSR count). The van der Waals surface area contributed by atoms with Crippen LogP contribution in [0.2, 0.25) is 15.1 Å². The predicted molar refractivity (Wildman–Crippen MR) is 497 cm³/mol. The largest absolute Gasteiger partial charge is 0.466 e. The molecule has 6 saturated heterocycles. The standard InChI is InChI=1S/C22H29ClO2S.C19H28O4.C17H23ClO3S.C16H21ClO3S.C14H22O5.C13H20O5/c1-21(14-26-20-5-3-19(23)4-6-20)7-2-8-22(25-24-21)17-10-15-9-16(12-17)13-18(22)11-15;1-18(7-4-17(20)21-2)5-3-6-19(23-22-18)15-9-13-8-14(11-15)12-16(19)10-13;1-16(13-22-15-7-5-14(18)6-8-15)11-12-19-17(21-20-16)9-3-2-4-10-17;1-15(12-21-14-6-4-13(17)5-7-14)10-11-18-16(20-19-15)8-2-3-9-16;1-13(9-6-12(15)16-2)10-11-17-14(19-18-13)7-4-3-5-8-14;1-12(8-5-11(14)15-2)9-10-16-13(18-17-12)6-3-4-7-13/h3-6,15-18H,2,7-14H2,1H3;4,7,13-16H,3,5-6,8-12H2,1-2H3;5-8H,2-4,9-13H2,1H3;4-7H,2-3,8-12H2,1H3;6,9H,3-5,7-8,10-11H2,1-2H3;5,8H,3-4,6-7,9-10H2,1-2H3/b;7-4+;;;9-6+;8-5+. The van der Waals surface area contributed by atoms with Crippen LogP contribution in [-0.2, 0) is 106 Å². The van der Waals surface area contributed by atoms with E-state index >= 15 is 0 Å². The Morgan fingerprint density at radius 2 is 0.558 bits per heavy atom. The number of thioether (sulfide) groups is 3. The summed E-state index contributed by atoms with van der Waals surface area (Å²) in [5.41, 5.74) is -2.74. The molecule has 3 aromatic rings. The van der Waals surface area contributed by atoms with E-state index in [0.717, 1.165) is 209 Å². The lowest BCUT2D eigenvalue weighted by Gasteiger charge is -2.59. The van der Waals surface area contributed by atoms with E-state index in [0.29, 0.717) is 51.1 Å². The molecule has 12 aliphatic carbocycles. The van der Waals surface area contributed by atoms with Crippen molar-refractivity contribution < 1.29 is 106 Å². The maximum atomic E-state index is 11.4. The smallest absolute Gasteiger partial charge is 0.330 e. The van der Waals surface area contributed by atoms with Gasteiger partial charge in [0.05, 0.1) is 47.8 Å². The van der Waals surface area contributed by atoms with Crippen LogP contribution in [0.15, 0.2) is 124 Å². The zero-order valence-electron chi connectivity index (χ0n) is 77.7. The highest BCUT2D eigenvalue weighted by atomic mass is 35.5. The summed E-state index contributed by atoms with van der Waals surface area (Å²) in [6, 6.07) is 23.9. The van der Waals surface area contributed by atoms with Gasteiger partial charge in [-0.25, -0.2) is 73.0 Å². The molecule has 6 aliphatic heterocycles. The van der Waals surface area contributed by atoms with E-state index in [1.165, 1.54) is 144 Å². The zero-order valence-corrected chi connectivity index (χ0v) is 82.4. The quantitative estimate of drug-likeness (QED) is 0.0453. The van der Waals surface area contributed by atoms with Gasteiger partial charge in [0.1, 0.15) is 44.8 Å². The average Bonchev–Trinajstić information content (AvgIpc) is 1.68. The van der Waals surface area contributed by atoms with Gasteiger partial charge in [-0.1, -0.05) is 47.6 Å². The van der Waals surface area contributed by atoms with Crippen LogP contribution >= 0.6 is 70.1 Å². The Morgan fingerprint density at radius 3 is 0.876 bits per heavy atom. The van der Waals surface area contributed by atoms with Gasteiger partial charge in [0, 0.05) is 142 Å². The first-order valence-electron chi connectivity index (χ1n) is 48.1. The molecule has 718 valence electrons. The lowest BCUT2D eigenvalue weighted by molar-refractivity contribution is -0.449. The van der Waals surface area contributed by atoms with Gasteiger partial charge in [-0.15, -0.1) is 35.3 Å². The third-order valence-electron chi connectivity index (χ3n) is 30.2. The van der Waals surface area contributed by atoms with E-state index in [9.17, 15) is 14.4 Å². The molecule has 12 saturated carbocycles. The minimum absolute atomic E-state index is 0.0239. The number of halogens is 3. The fourth-order valence-corrected chi connectivity index (χ4v) is 25.9. The highest BCUT2D eigenvalue weighted by molar-refractivity contribution is 7.99. The van der Waals surface area contributed by atoms with Gasteiger partial charge in [0.25, 0.3) is 0 Å². The zero-order chi connectivity index (χ0) is 90.9. The van der Waals surface area contributed by atoms with E-state index < -0.39 is 51.9 Å². The van der Waals surface area contributed by atoms with Gasteiger partial charge in [-0.3, -0.25) is 0 Å². The number of ether oxygens (including phenoxy) is 7. The number of hydrogen-bond acceptors (Lipinski definition) is 25. The van der Waals surface area contributed by atoms with Crippen molar-refractivity contribution in [3.8, 4) is 0 Å². The van der Waals surface area contributed by atoms with Crippen molar-refractivity contribution in [3.05, 3.63) is 124 Å². The third kappa shape index (κ3) is 27.6. The van der Waals surface area contributed by atoms with Crippen molar-refractivity contribution >= 4 is 88.0 Å². The maximum absolute atomic E-state index is 11.4. The third-order valence-corrected chi connectivity index (χ3v) is 35.0. The Balaban J connectivity index is 0.000000126. The van der Waals surface area contributed by atoms with Crippen LogP contribution < -0.4 is 0 Å². The average molecular weight is 1910 g/mol. The van der Waals surface area contributed by atoms with E-state index in [1.54, 1.807) is 41.8 Å². The molecule has 0 radical (unpaired) electrons. The molecular formula is C101H143Cl3O22S3. The molecule has 3 aromatic carbocycles. The van der Waals surface area contributed by atoms with Crippen LogP contribution in [0, 0.1) is 47.3 Å². The summed E-state index contributed by atoms with van der Waals surface area (Å²) in [6.07, 6.45) is 51.3. The fourth-order valence-electron chi connectivity index (χ4n) is 22.5. The van der Waals surface area contributed by atoms with Crippen molar-refractivity contribution in [3.63, 3.8) is 0 Å². The summed E-state index contributed by atoms with van der Waals surface area (Å²) in [5.74, 6) is 5.92. The lowest BCUT2D eigenvalue weighted by Crippen LogP contribution is -2.59. The Bertz CT molecular complexity index is 4100. The summed E-state index contributed by atoms with van der Waals surface area (Å²) in [5, 5.41) is 2.31. The van der Waals surface area contributed by atoms with E-state index in [4.69, 9.17) is 112 Å². The number of carbonyl (C=O) groups is 3. The summed E-state index contributed by atoms with van der Waals surface area (Å²) in [4.78, 5) is 107. The predicted octanol–water partition coefficient (Wildman–Crippen LogP) is 25.0. The van der Waals surface area contributed by atoms with Crippen molar-refractivity contribution in [1.82, 2.24) is 0 Å². The molecular weight excluding hydrogens is 1770 g/mol. The molecule has 28 heteroatoms. The van der Waals surface area contributed by atoms with Crippen LogP contribution in [0.3, 0.4) is 0 Å². The van der Waals surface area contributed by atoms with Gasteiger partial charge < -0.3 is 33.2 Å². The highest BCUT2D eigenvalue weighted by Crippen LogP contribution is 2.64. The monoisotopic (exact) mass is 1910 g/mol. The van der Waals surface area contributed by atoms with Crippen LogP contribution in [-0.4, -0.2) is 151 Å². The lowest BCUT2D eigenvalue weighted by atomic mass is 9.49. The Morgan fingerprint density at radius 1 is 0.302 bits per heavy atom. The molecule has 6 unspecified atom stereocenters. The normalized spacial score (nSPS) is 36.2. The second-order valence-electron chi connectivity index (χ2n) is 40.9. The first-order chi connectivity index (χ1) is 61.9. The Kier molecular flexibility index (Phi) is 35.8. The number of esters is 3. The second-order valence-corrected chi connectivity index (χ2v) is 45.3. The summed E-state index contributed by atoms with van der Waals surface area (Å²) >= 11 is 23.2. The first-order valence-corrected chi connectivity index (χ1v) is 52.2. The topological polar surface area (TPSA) is 227 Å². The van der Waals surface area contributed by atoms with Crippen molar-refractivity contribution in [2.24, 2.45) is 47.3 Å². The number of rotatable bonds is 15. The molecule has 22 nitrogen and oxygen atoms in total. The van der Waals surface area contributed by atoms with Crippen LogP contribution in [0.1, 0.15) is 286 Å². The Labute approximate surface area is 793 Å². The van der Waals surface area contributed by atoms with Crippen LogP contribution in [0.4, 0.5) is 0 Å². The van der Waals surface area contributed by atoms with E-state index in [1.807, 2.05) is 93.2 Å². The number of hydrogen-bond donors (Lipinski definition) is 0. The molecule has 0 aromatic heterocycles. The molecule has 0 amide bonds. The molecule has 18 fully saturated rings. The molecule has 6 heterocycles. The molecule has 6 atom stereocenters. The summed E-state index contributed by atoms with van der Waals surface area (Å²) in [7, 11) is 4.08. The molecule has 129 heavy (non-hydrogen) atoms. The number of methoxy groups -OCH3 is 3. The maximum Gasteiger partial charge on any atom is 0.330 e. The fraction of sp³-hybridized carbons (Fsp3) is 0.733. The molecule has 8 bridgehead atoms. The second kappa shape index (κ2) is 45.5. The van der Waals surface area contributed by atoms with Crippen molar-refractivity contribution in [2.45, 2.75) is 368 Å². The SMILES string of the molecule is CC1(CSc2ccc(Cl)cc2)CCCC2(OO1)C1CC3CC(C1)CC2C3.CC1(CSc2ccc(Cl)cc2)CCOC2(CCCC2)OO1.CC1(CSc2ccc(Cl)cc2)CCOC2(CCCCC2)OO1.COC(=O)/C=C/C1(C)CCCC2(OO1)C1CC3CC(C1)CC2C3.COC(=O)/C=C/C1(C)CCOC2(CCCC2)OO1.COC(=O)/C=C/C1(C)CCOC2(CCCCC2)OO1. The number of benzene rings is 3. The minimum atomic E-state index is -0.658. The van der Waals surface area contributed by atoms with Gasteiger partial charge in [0.2, 0.25) is 23.1 Å². The van der Waals surface area contributed by atoms with Crippen molar-refractivity contribution in [2.75, 3.05) is 65.0 Å². The van der Waals surface area contributed by atoms with Crippen LogP contribution in [0.5, 0.6) is 0 Å². The summed E-state index contributed by atoms with van der Waals surface area (Å²) in [6.45, 7) is 14.7. The van der Waals surface area contributed by atoms with E-state index in [2.05, 4.69) is 47.1 Å².